The first-order chi connectivity index (χ1) is 9.79. The Morgan fingerprint density at radius 3 is 2.45 bits per heavy atom. The highest BCUT2D eigenvalue weighted by Gasteiger charge is 2.11. The molecule has 1 saturated heterocycles. The van der Waals surface area contributed by atoms with Crippen LogP contribution in [0.15, 0.2) is 29.3 Å². The highest BCUT2D eigenvalue weighted by Crippen LogP contribution is 2.16. The largest absolute Gasteiger partial charge is 0.497 e. The van der Waals surface area contributed by atoms with Gasteiger partial charge in [0.25, 0.3) is 0 Å². The number of rotatable bonds is 5. The van der Waals surface area contributed by atoms with Crippen LogP contribution in [0.5, 0.6) is 11.5 Å². The van der Waals surface area contributed by atoms with E-state index in [4.69, 9.17) is 15.2 Å². The summed E-state index contributed by atoms with van der Waals surface area (Å²) in [5, 5.41) is 0. The molecule has 1 aromatic carbocycles. The Kier molecular flexibility index (Phi) is 5.53. The summed E-state index contributed by atoms with van der Waals surface area (Å²) in [4.78, 5) is 6.52. The lowest BCUT2D eigenvalue weighted by Gasteiger charge is -2.27. The molecular weight excluding hydrogens is 254 g/mol. The molecule has 0 spiro atoms. The second-order valence-electron chi connectivity index (χ2n) is 4.81. The summed E-state index contributed by atoms with van der Waals surface area (Å²) in [7, 11) is 1.65. The van der Waals surface area contributed by atoms with Crippen LogP contribution in [0.2, 0.25) is 0 Å². The van der Waals surface area contributed by atoms with Gasteiger partial charge in [-0.25, -0.2) is 4.99 Å². The fraction of sp³-hybridized carbons (Fsp3) is 0.533. The molecule has 0 radical (unpaired) electrons. The van der Waals surface area contributed by atoms with Gasteiger partial charge in [-0.15, -0.1) is 0 Å². The van der Waals surface area contributed by atoms with Crippen LogP contribution in [0.3, 0.4) is 0 Å². The molecule has 1 aliphatic heterocycles. The molecule has 0 atom stereocenters. The molecule has 0 amide bonds. The molecule has 5 nitrogen and oxygen atoms in total. The number of benzene rings is 1. The number of aliphatic imine (C=N–C) groups is 1. The van der Waals surface area contributed by atoms with Crippen LogP contribution in [0.4, 0.5) is 0 Å². The summed E-state index contributed by atoms with van der Waals surface area (Å²) in [6.45, 7) is 3.15. The van der Waals surface area contributed by atoms with Crippen molar-refractivity contribution in [3.05, 3.63) is 24.3 Å². The number of nitrogens with zero attached hydrogens (tertiary/aromatic N) is 2. The lowest BCUT2D eigenvalue weighted by atomic mass is 10.1. The van der Waals surface area contributed by atoms with Gasteiger partial charge >= 0.3 is 0 Å². The third kappa shape index (κ3) is 4.33. The molecule has 0 aromatic heterocycles. The minimum Gasteiger partial charge on any atom is -0.497 e. The monoisotopic (exact) mass is 277 g/mol. The van der Waals surface area contributed by atoms with E-state index in [0.717, 1.165) is 24.6 Å². The molecule has 1 fully saturated rings. The van der Waals surface area contributed by atoms with Crippen molar-refractivity contribution >= 4 is 5.96 Å². The van der Waals surface area contributed by atoms with E-state index in [1.54, 1.807) is 7.11 Å². The van der Waals surface area contributed by atoms with E-state index in [2.05, 4.69) is 9.89 Å². The van der Waals surface area contributed by atoms with Gasteiger partial charge in [0.05, 0.1) is 13.7 Å². The number of hydrogen-bond donors (Lipinski definition) is 1. The van der Waals surface area contributed by atoms with Crippen molar-refractivity contribution in [3.63, 3.8) is 0 Å². The Morgan fingerprint density at radius 2 is 1.80 bits per heavy atom. The van der Waals surface area contributed by atoms with Crippen LogP contribution >= 0.6 is 0 Å². The first kappa shape index (κ1) is 14.5. The van der Waals surface area contributed by atoms with Crippen LogP contribution in [-0.4, -0.2) is 44.2 Å². The minimum absolute atomic E-state index is 0.529. The average molecular weight is 277 g/mol. The maximum absolute atomic E-state index is 5.97. The Morgan fingerprint density at radius 1 is 1.15 bits per heavy atom. The van der Waals surface area contributed by atoms with Gasteiger partial charge in [0.1, 0.15) is 18.1 Å². The molecule has 5 heteroatoms. The highest BCUT2D eigenvalue weighted by atomic mass is 16.5. The molecule has 0 saturated carbocycles. The van der Waals surface area contributed by atoms with E-state index in [0.29, 0.717) is 19.1 Å². The second kappa shape index (κ2) is 7.62. The molecule has 1 aliphatic rings. The maximum Gasteiger partial charge on any atom is 0.191 e. The molecule has 2 N–H and O–H groups in total. The Labute approximate surface area is 120 Å². The zero-order chi connectivity index (χ0) is 14.2. The Bertz CT molecular complexity index is 425. The molecular formula is C15H23N3O2. The molecule has 2 rings (SSSR count). The smallest absolute Gasteiger partial charge is 0.191 e. The zero-order valence-electron chi connectivity index (χ0n) is 12.0. The highest BCUT2D eigenvalue weighted by molar-refractivity contribution is 5.78. The van der Waals surface area contributed by atoms with Crippen molar-refractivity contribution in [2.24, 2.45) is 10.7 Å². The van der Waals surface area contributed by atoms with Crippen LogP contribution in [-0.2, 0) is 0 Å². The topological polar surface area (TPSA) is 60.1 Å². The number of methoxy groups -OCH3 is 1. The second-order valence-corrected chi connectivity index (χ2v) is 4.81. The fourth-order valence-corrected chi connectivity index (χ4v) is 2.22. The van der Waals surface area contributed by atoms with Crippen LogP contribution in [0.25, 0.3) is 0 Å². The number of guanidine groups is 1. The van der Waals surface area contributed by atoms with Gasteiger partial charge in [0.2, 0.25) is 0 Å². The fourth-order valence-electron chi connectivity index (χ4n) is 2.22. The van der Waals surface area contributed by atoms with Crippen molar-refractivity contribution in [1.82, 2.24) is 4.90 Å². The van der Waals surface area contributed by atoms with E-state index in [1.165, 1.54) is 19.3 Å². The van der Waals surface area contributed by atoms with Crippen molar-refractivity contribution in [2.45, 2.75) is 19.3 Å². The molecule has 0 aliphatic carbocycles. The maximum atomic E-state index is 5.97. The van der Waals surface area contributed by atoms with Gasteiger partial charge in [-0.05, 0) is 43.5 Å². The summed E-state index contributed by atoms with van der Waals surface area (Å²) in [6.07, 6.45) is 3.71. The quantitative estimate of drug-likeness (QED) is 0.507. The third-order valence-electron chi connectivity index (χ3n) is 3.37. The molecule has 0 unspecified atom stereocenters. The first-order valence-corrected chi connectivity index (χ1v) is 7.11. The standard InChI is InChI=1S/C15H23N3O2/c1-19-13-5-7-14(8-6-13)20-12-9-17-15(16)18-10-3-2-4-11-18/h5-8H,2-4,9-12H2,1H3,(H2,16,17). The lowest BCUT2D eigenvalue weighted by molar-refractivity contribution is 0.320. The van der Waals surface area contributed by atoms with Gasteiger partial charge in [-0.2, -0.15) is 0 Å². The van der Waals surface area contributed by atoms with Gasteiger partial charge in [0.15, 0.2) is 5.96 Å². The van der Waals surface area contributed by atoms with Crippen LogP contribution in [0.1, 0.15) is 19.3 Å². The van der Waals surface area contributed by atoms with E-state index in [-0.39, 0.29) is 0 Å². The number of likely N-dealkylation sites (tertiary alicyclic amines) is 1. The third-order valence-corrected chi connectivity index (χ3v) is 3.37. The normalized spacial score (nSPS) is 16.1. The van der Waals surface area contributed by atoms with Gasteiger partial charge in [0, 0.05) is 13.1 Å². The van der Waals surface area contributed by atoms with Gasteiger partial charge < -0.3 is 20.1 Å². The average Bonchev–Trinajstić information content (AvgIpc) is 2.53. The summed E-state index contributed by atoms with van der Waals surface area (Å²) in [6, 6.07) is 7.52. The minimum atomic E-state index is 0.529. The number of ether oxygens (including phenoxy) is 2. The number of piperidine rings is 1. The van der Waals surface area contributed by atoms with Crippen molar-refractivity contribution < 1.29 is 9.47 Å². The van der Waals surface area contributed by atoms with Crippen molar-refractivity contribution in [3.8, 4) is 11.5 Å². The molecule has 1 heterocycles. The predicted octanol–water partition coefficient (Wildman–Crippen LogP) is 1.87. The molecule has 20 heavy (non-hydrogen) atoms. The van der Waals surface area contributed by atoms with E-state index in [1.807, 2.05) is 24.3 Å². The van der Waals surface area contributed by atoms with Gasteiger partial charge in [-0.1, -0.05) is 0 Å². The summed E-state index contributed by atoms with van der Waals surface area (Å²) in [5.74, 6) is 2.28. The summed E-state index contributed by atoms with van der Waals surface area (Å²) >= 11 is 0. The zero-order valence-corrected chi connectivity index (χ0v) is 12.0. The van der Waals surface area contributed by atoms with Crippen LogP contribution in [0, 0.1) is 0 Å². The summed E-state index contributed by atoms with van der Waals surface area (Å²) < 4.78 is 10.7. The van der Waals surface area contributed by atoms with Crippen LogP contribution < -0.4 is 15.2 Å². The number of nitrogens with two attached hydrogens (primary N) is 1. The molecule has 110 valence electrons. The first-order valence-electron chi connectivity index (χ1n) is 7.11. The summed E-state index contributed by atoms with van der Waals surface area (Å²) in [5.41, 5.74) is 5.97. The predicted molar refractivity (Wildman–Crippen MR) is 80.4 cm³/mol. The Hall–Kier alpha value is -1.91. The molecule has 1 aromatic rings. The van der Waals surface area contributed by atoms with Crippen molar-refractivity contribution in [1.29, 1.82) is 0 Å². The number of hydrogen-bond acceptors (Lipinski definition) is 3. The van der Waals surface area contributed by atoms with E-state index >= 15 is 0 Å². The van der Waals surface area contributed by atoms with E-state index < -0.39 is 0 Å². The SMILES string of the molecule is COc1ccc(OCCN=C(N)N2CCCCC2)cc1. The van der Waals surface area contributed by atoms with Gasteiger partial charge in [-0.3, -0.25) is 0 Å². The van der Waals surface area contributed by atoms with Crippen molar-refractivity contribution in [2.75, 3.05) is 33.4 Å². The van der Waals surface area contributed by atoms with E-state index in [9.17, 15) is 0 Å². The molecule has 0 bridgehead atoms. The lowest BCUT2D eigenvalue weighted by Crippen LogP contribution is -2.41. The Balaban J connectivity index is 1.71.